The molecule has 7 nitrogen and oxygen atoms in total. The third kappa shape index (κ3) is 5.14. The minimum absolute atomic E-state index is 0.227. The number of amides is 4. The second-order valence-corrected chi connectivity index (χ2v) is 9.70. The van der Waals surface area contributed by atoms with E-state index in [-0.39, 0.29) is 23.8 Å². The third-order valence-electron chi connectivity index (χ3n) is 7.46. The van der Waals surface area contributed by atoms with Crippen molar-refractivity contribution in [2.24, 2.45) is 11.3 Å². The molecule has 1 aromatic carbocycles. The van der Waals surface area contributed by atoms with Crippen molar-refractivity contribution >= 4 is 17.8 Å². The number of nitrogens with zero attached hydrogens (tertiary/aromatic N) is 1. The number of hydrogen-bond acceptors (Lipinski definition) is 4. The van der Waals surface area contributed by atoms with E-state index in [0.29, 0.717) is 38.5 Å². The number of carbonyl (C=O) groups excluding carboxylic acids is 3. The maximum absolute atomic E-state index is 13.1. The lowest BCUT2D eigenvalue weighted by Gasteiger charge is -2.42. The fourth-order valence-electron chi connectivity index (χ4n) is 4.82. The van der Waals surface area contributed by atoms with Crippen LogP contribution in [0.2, 0.25) is 0 Å². The van der Waals surface area contributed by atoms with Crippen molar-refractivity contribution in [3.63, 3.8) is 0 Å². The number of carbonyl (C=O) groups is 3. The summed E-state index contributed by atoms with van der Waals surface area (Å²) in [5.74, 6) is -0.0725. The van der Waals surface area contributed by atoms with E-state index < -0.39 is 11.6 Å². The van der Waals surface area contributed by atoms with Gasteiger partial charge in [-0.2, -0.15) is 0 Å². The Balaban J connectivity index is 1.57. The lowest BCUT2D eigenvalue weighted by atomic mass is 9.65. The number of hydrogen-bond donors (Lipinski definition) is 2. The molecule has 0 radical (unpaired) electrons. The summed E-state index contributed by atoms with van der Waals surface area (Å²) in [6.45, 7) is 9.84. The Morgan fingerprint density at radius 1 is 1.19 bits per heavy atom. The highest BCUT2D eigenvalue weighted by Crippen LogP contribution is 2.45. The van der Waals surface area contributed by atoms with E-state index in [9.17, 15) is 14.4 Å². The standard InChI is InChI=1S/C25H37N3O4/c1-5-24(3,4)20-11-13-25(14-12-20)22(30)28(23(31)27-25)16-21(29)26-15-18-9-7-8-10-19(18)17-32-6-2/h7-10,20H,5-6,11-17H2,1-4H3,(H,26,29)(H,27,31). The first-order valence-corrected chi connectivity index (χ1v) is 11.8. The fraction of sp³-hybridized carbons (Fsp3) is 0.640. The van der Waals surface area contributed by atoms with E-state index in [4.69, 9.17) is 4.74 Å². The van der Waals surface area contributed by atoms with E-state index in [1.54, 1.807) is 0 Å². The quantitative estimate of drug-likeness (QED) is 0.569. The van der Waals surface area contributed by atoms with Crippen molar-refractivity contribution < 1.29 is 19.1 Å². The summed E-state index contributed by atoms with van der Waals surface area (Å²) >= 11 is 0. The molecule has 7 heteroatoms. The highest BCUT2D eigenvalue weighted by Gasteiger charge is 2.53. The molecule has 1 aliphatic heterocycles. The molecular formula is C25H37N3O4. The van der Waals surface area contributed by atoms with Gasteiger partial charge in [0.15, 0.2) is 0 Å². The Kier molecular flexibility index (Phi) is 7.59. The molecule has 4 amide bonds. The van der Waals surface area contributed by atoms with Crippen LogP contribution in [0.15, 0.2) is 24.3 Å². The largest absolute Gasteiger partial charge is 0.377 e. The molecule has 32 heavy (non-hydrogen) atoms. The zero-order valence-electron chi connectivity index (χ0n) is 19.8. The molecule has 1 spiro atoms. The van der Waals surface area contributed by atoms with Crippen LogP contribution in [0, 0.1) is 11.3 Å². The van der Waals surface area contributed by atoms with Gasteiger partial charge >= 0.3 is 6.03 Å². The smallest absolute Gasteiger partial charge is 0.325 e. The summed E-state index contributed by atoms with van der Waals surface area (Å²) in [7, 11) is 0. The first kappa shape index (κ1) is 24.2. The van der Waals surface area contributed by atoms with Crippen LogP contribution in [0.3, 0.4) is 0 Å². The number of imide groups is 1. The third-order valence-corrected chi connectivity index (χ3v) is 7.46. The average Bonchev–Trinajstić information content (AvgIpc) is 3.01. The highest BCUT2D eigenvalue weighted by molar-refractivity contribution is 6.09. The van der Waals surface area contributed by atoms with Gasteiger partial charge in [0.05, 0.1) is 6.61 Å². The first-order chi connectivity index (χ1) is 15.2. The predicted octanol–water partition coefficient (Wildman–Crippen LogP) is 3.76. The van der Waals surface area contributed by atoms with Crippen LogP contribution in [-0.4, -0.2) is 41.4 Å². The monoisotopic (exact) mass is 443 g/mol. The van der Waals surface area contributed by atoms with Crippen LogP contribution in [0.1, 0.15) is 70.9 Å². The van der Waals surface area contributed by atoms with Crippen molar-refractivity contribution in [1.82, 2.24) is 15.5 Å². The lowest BCUT2D eigenvalue weighted by molar-refractivity contribution is -0.136. The Morgan fingerprint density at radius 3 is 2.47 bits per heavy atom. The van der Waals surface area contributed by atoms with Gasteiger partial charge in [-0.05, 0) is 55.1 Å². The van der Waals surface area contributed by atoms with Crippen LogP contribution < -0.4 is 10.6 Å². The van der Waals surface area contributed by atoms with Crippen molar-refractivity contribution in [3.05, 3.63) is 35.4 Å². The van der Waals surface area contributed by atoms with E-state index in [2.05, 4.69) is 31.4 Å². The van der Waals surface area contributed by atoms with Crippen molar-refractivity contribution in [1.29, 1.82) is 0 Å². The molecule has 3 rings (SSSR count). The first-order valence-electron chi connectivity index (χ1n) is 11.8. The highest BCUT2D eigenvalue weighted by atomic mass is 16.5. The lowest BCUT2D eigenvalue weighted by Crippen LogP contribution is -2.51. The van der Waals surface area contributed by atoms with Crippen molar-refractivity contribution in [2.45, 2.75) is 78.5 Å². The van der Waals surface area contributed by atoms with E-state index in [1.165, 1.54) is 0 Å². The molecule has 1 aliphatic carbocycles. The van der Waals surface area contributed by atoms with Gasteiger partial charge in [0.2, 0.25) is 5.91 Å². The molecule has 1 saturated heterocycles. The van der Waals surface area contributed by atoms with Crippen molar-refractivity contribution in [2.75, 3.05) is 13.2 Å². The number of rotatable bonds is 9. The SMILES string of the molecule is CCOCc1ccccc1CNC(=O)CN1C(=O)NC2(CCC(C(C)(C)CC)CC2)C1=O. The number of nitrogens with one attached hydrogen (secondary N) is 2. The fourth-order valence-corrected chi connectivity index (χ4v) is 4.82. The van der Waals surface area contributed by atoms with Gasteiger partial charge in [0, 0.05) is 13.2 Å². The van der Waals surface area contributed by atoms with Gasteiger partial charge in [-0.3, -0.25) is 14.5 Å². The molecular weight excluding hydrogens is 406 g/mol. The zero-order valence-corrected chi connectivity index (χ0v) is 19.8. The molecule has 1 saturated carbocycles. The van der Waals surface area contributed by atoms with Gasteiger partial charge in [-0.25, -0.2) is 4.79 Å². The Labute approximate surface area is 191 Å². The minimum Gasteiger partial charge on any atom is -0.377 e. The molecule has 176 valence electrons. The summed E-state index contributed by atoms with van der Waals surface area (Å²) in [5, 5.41) is 5.75. The second-order valence-electron chi connectivity index (χ2n) is 9.70. The molecule has 2 aliphatic rings. The second kappa shape index (κ2) is 10.0. The zero-order chi connectivity index (χ0) is 23.4. The summed E-state index contributed by atoms with van der Waals surface area (Å²) in [6, 6.07) is 7.29. The number of benzene rings is 1. The van der Waals surface area contributed by atoms with Crippen LogP contribution in [-0.2, 0) is 27.5 Å². The maximum atomic E-state index is 13.1. The van der Waals surface area contributed by atoms with Crippen LogP contribution >= 0.6 is 0 Å². The molecule has 2 fully saturated rings. The summed E-state index contributed by atoms with van der Waals surface area (Å²) in [4.78, 5) is 39.4. The van der Waals surface area contributed by atoms with E-state index >= 15 is 0 Å². The van der Waals surface area contributed by atoms with Gasteiger partial charge in [-0.15, -0.1) is 0 Å². The Morgan fingerprint density at radius 2 is 1.84 bits per heavy atom. The van der Waals surface area contributed by atoms with Crippen LogP contribution in [0.4, 0.5) is 4.79 Å². The van der Waals surface area contributed by atoms with Gasteiger partial charge in [0.25, 0.3) is 5.91 Å². The number of ether oxygens (including phenoxy) is 1. The molecule has 0 aromatic heterocycles. The summed E-state index contributed by atoms with van der Waals surface area (Å²) in [6.07, 6.45) is 4.17. The van der Waals surface area contributed by atoms with Crippen LogP contribution in [0.5, 0.6) is 0 Å². The van der Waals surface area contributed by atoms with Gasteiger partial charge in [-0.1, -0.05) is 51.5 Å². The molecule has 0 atom stereocenters. The van der Waals surface area contributed by atoms with Crippen LogP contribution in [0.25, 0.3) is 0 Å². The average molecular weight is 444 g/mol. The topological polar surface area (TPSA) is 87.7 Å². The number of urea groups is 1. The predicted molar refractivity (Wildman–Crippen MR) is 123 cm³/mol. The van der Waals surface area contributed by atoms with Crippen molar-refractivity contribution in [3.8, 4) is 0 Å². The van der Waals surface area contributed by atoms with Gasteiger partial charge < -0.3 is 15.4 Å². The van der Waals surface area contributed by atoms with Gasteiger partial charge in [0.1, 0.15) is 12.1 Å². The molecule has 0 bridgehead atoms. The van der Waals surface area contributed by atoms with E-state index in [0.717, 1.165) is 35.3 Å². The molecule has 2 N–H and O–H groups in total. The maximum Gasteiger partial charge on any atom is 0.325 e. The summed E-state index contributed by atoms with van der Waals surface area (Å²) in [5.41, 5.74) is 1.35. The normalized spacial score (nSPS) is 23.5. The Hall–Kier alpha value is -2.41. The minimum atomic E-state index is -0.845. The molecule has 0 unspecified atom stereocenters. The summed E-state index contributed by atoms with van der Waals surface area (Å²) < 4.78 is 5.48. The molecule has 1 heterocycles. The van der Waals surface area contributed by atoms with E-state index in [1.807, 2.05) is 31.2 Å². The molecule has 1 aromatic rings. The Bertz CT molecular complexity index is 843.